The summed E-state index contributed by atoms with van der Waals surface area (Å²) in [7, 11) is 0. The molecule has 2 rings (SSSR count). The van der Waals surface area contributed by atoms with Crippen LogP contribution in [0.15, 0.2) is 42.7 Å². The Morgan fingerprint density at radius 3 is 2.26 bits per heavy atom. The molecule has 0 amide bonds. The minimum atomic E-state index is -4.39. The standard InChI is InChI=1S/C14H10F3NO/c1-9-8-18-7-6-12(9)13(19)10-2-4-11(5-3-10)14(15,16)17/h2-8H,1H3. The molecule has 0 aliphatic heterocycles. The number of hydrogen-bond donors (Lipinski definition) is 0. The van der Waals surface area contributed by atoms with Crippen molar-refractivity contribution in [3.05, 3.63) is 65.0 Å². The molecule has 98 valence electrons. The number of nitrogens with zero attached hydrogens (tertiary/aromatic N) is 1. The van der Waals surface area contributed by atoms with E-state index >= 15 is 0 Å². The van der Waals surface area contributed by atoms with Gasteiger partial charge in [0.15, 0.2) is 5.78 Å². The molecule has 2 nitrogen and oxygen atoms in total. The van der Waals surface area contributed by atoms with Gasteiger partial charge in [-0.05, 0) is 30.7 Å². The number of aryl methyl sites for hydroxylation is 1. The van der Waals surface area contributed by atoms with E-state index in [1.54, 1.807) is 13.0 Å². The zero-order valence-electron chi connectivity index (χ0n) is 10.0. The Morgan fingerprint density at radius 1 is 1.11 bits per heavy atom. The van der Waals surface area contributed by atoms with Crippen LogP contribution in [0.2, 0.25) is 0 Å². The normalized spacial score (nSPS) is 11.4. The second-order valence-electron chi connectivity index (χ2n) is 4.09. The monoisotopic (exact) mass is 265 g/mol. The Bertz CT molecular complexity index is 603. The Hall–Kier alpha value is -2.17. The summed E-state index contributed by atoms with van der Waals surface area (Å²) in [6, 6.07) is 5.74. The molecule has 19 heavy (non-hydrogen) atoms. The van der Waals surface area contributed by atoms with Crippen molar-refractivity contribution in [3.8, 4) is 0 Å². The van der Waals surface area contributed by atoms with Gasteiger partial charge in [-0.25, -0.2) is 0 Å². The number of pyridine rings is 1. The lowest BCUT2D eigenvalue weighted by molar-refractivity contribution is -0.137. The number of rotatable bonds is 2. The van der Waals surface area contributed by atoms with Gasteiger partial charge in [0.25, 0.3) is 0 Å². The molecule has 5 heteroatoms. The van der Waals surface area contributed by atoms with Crippen LogP contribution in [0.5, 0.6) is 0 Å². The Labute approximate surface area is 107 Å². The van der Waals surface area contributed by atoms with E-state index in [-0.39, 0.29) is 11.3 Å². The largest absolute Gasteiger partial charge is 0.416 e. The molecule has 1 heterocycles. The van der Waals surface area contributed by atoms with E-state index in [0.717, 1.165) is 12.1 Å². The van der Waals surface area contributed by atoms with Crippen LogP contribution in [0.25, 0.3) is 0 Å². The molecule has 1 aromatic heterocycles. The van der Waals surface area contributed by atoms with Gasteiger partial charge in [0.05, 0.1) is 5.56 Å². The SMILES string of the molecule is Cc1cnccc1C(=O)c1ccc(C(F)(F)F)cc1. The van der Waals surface area contributed by atoms with Gasteiger partial charge < -0.3 is 0 Å². The maximum absolute atomic E-state index is 12.4. The van der Waals surface area contributed by atoms with E-state index in [1.807, 2.05) is 0 Å². The van der Waals surface area contributed by atoms with Gasteiger partial charge in [0.1, 0.15) is 0 Å². The predicted molar refractivity (Wildman–Crippen MR) is 63.9 cm³/mol. The van der Waals surface area contributed by atoms with Gasteiger partial charge in [-0.1, -0.05) is 12.1 Å². The summed E-state index contributed by atoms with van der Waals surface area (Å²) < 4.78 is 37.2. The highest BCUT2D eigenvalue weighted by atomic mass is 19.4. The van der Waals surface area contributed by atoms with Crippen LogP contribution in [0, 0.1) is 6.92 Å². The number of ketones is 1. The number of alkyl halides is 3. The molecular weight excluding hydrogens is 255 g/mol. The second kappa shape index (κ2) is 4.84. The van der Waals surface area contributed by atoms with E-state index in [2.05, 4.69) is 4.98 Å². The average molecular weight is 265 g/mol. The summed E-state index contributed by atoms with van der Waals surface area (Å²) in [5.41, 5.74) is 0.583. The summed E-state index contributed by atoms with van der Waals surface area (Å²) in [4.78, 5) is 16.0. The fourth-order valence-corrected chi connectivity index (χ4v) is 1.69. The van der Waals surface area contributed by atoms with Crippen LogP contribution in [0.3, 0.4) is 0 Å². The van der Waals surface area contributed by atoms with Crippen LogP contribution in [0.1, 0.15) is 27.0 Å². The highest BCUT2D eigenvalue weighted by Crippen LogP contribution is 2.29. The van der Waals surface area contributed by atoms with Gasteiger partial charge in [-0.2, -0.15) is 13.2 Å². The summed E-state index contributed by atoms with van der Waals surface area (Å²) in [5, 5.41) is 0. The van der Waals surface area contributed by atoms with E-state index in [1.165, 1.54) is 24.5 Å². The maximum atomic E-state index is 12.4. The van der Waals surface area contributed by atoms with Gasteiger partial charge in [-0.3, -0.25) is 9.78 Å². The van der Waals surface area contributed by atoms with Crippen molar-refractivity contribution in [3.63, 3.8) is 0 Å². The molecule has 0 aliphatic rings. The first kappa shape index (κ1) is 13.3. The first-order valence-electron chi connectivity index (χ1n) is 5.52. The number of halogens is 3. The summed E-state index contributed by atoms with van der Waals surface area (Å²) in [6.45, 7) is 1.73. The Balaban J connectivity index is 2.34. The molecule has 2 aromatic rings. The topological polar surface area (TPSA) is 30.0 Å². The van der Waals surface area contributed by atoms with Crippen LogP contribution >= 0.6 is 0 Å². The molecular formula is C14H10F3NO. The minimum Gasteiger partial charge on any atom is -0.289 e. The third-order valence-electron chi connectivity index (χ3n) is 2.74. The van der Waals surface area contributed by atoms with Crippen LogP contribution in [0.4, 0.5) is 13.2 Å². The van der Waals surface area contributed by atoms with E-state index in [4.69, 9.17) is 0 Å². The highest BCUT2D eigenvalue weighted by Gasteiger charge is 2.30. The number of aromatic nitrogens is 1. The highest BCUT2D eigenvalue weighted by molar-refractivity contribution is 6.09. The molecule has 0 radical (unpaired) electrons. The summed E-state index contributed by atoms with van der Waals surface area (Å²) >= 11 is 0. The molecule has 0 N–H and O–H groups in total. The van der Waals surface area contributed by atoms with Crippen molar-refractivity contribution in [2.45, 2.75) is 13.1 Å². The lowest BCUT2D eigenvalue weighted by Gasteiger charge is -2.08. The van der Waals surface area contributed by atoms with Crippen molar-refractivity contribution in [2.75, 3.05) is 0 Å². The van der Waals surface area contributed by atoms with Gasteiger partial charge in [0.2, 0.25) is 0 Å². The first-order chi connectivity index (χ1) is 8.89. The zero-order chi connectivity index (χ0) is 14.0. The van der Waals surface area contributed by atoms with Crippen molar-refractivity contribution >= 4 is 5.78 Å². The summed E-state index contributed by atoms with van der Waals surface area (Å²) in [5.74, 6) is -0.311. The maximum Gasteiger partial charge on any atom is 0.416 e. The van der Waals surface area contributed by atoms with Gasteiger partial charge >= 0.3 is 6.18 Å². The van der Waals surface area contributed by atoms with E-state index < -0.39 is 11.7 Å². The predicted octanol–water partition coefficient (Wildman–Crippen LogP) is 3.64. The number of hydrogen-bond acceptors (Lipinski definition) is 2. The molecule has 1 aromatic carbocycles. The molecule has 0 atom stereocenters. The van der Waals surface area contributed by atoms with Gasteiger partial charge in [-0.15, -0.1) is 0 Å². The second-order valence-corrected chi connectivity index (χ2v) is 4.09. The molecule has 0 fully saturated rings. The quantitative estimate of drug-likeness (QED) is 0.776. The lowest BCUT2D eigenvalue weighted by Crippen LogP contribution is -2.07. The van der Waals surface area contributed by atoms with Crippen LogP contribution in [-0.2, 0) is 6.18 Å². The summed E-state index contributed by atoms with van der Waals surface area (Å²) in [6.07, 6.45) is -1.38. The van der Waals surface area contributed by atoms with Crippen molar-refractivity contribution in [1.29, 1.82) is 0 Å². The Morgan fingerprint density at radius 2 is 1.74 bits per heavy atom. The third kappa shape index (κ3) is 2.81. The lowest BCUT2D eigenvalue weighted by atomic mass is 10.00. The number of benzene rings is 1. The van der Waals surface area contributed by atoms with Crippen molar-refractivity contribution in [1.82, 2.24) is 4.98 Å². The molecule has 0 unspecified atom stereocenters. The van der Waals surface area contributed by atoms with Crippen LogP contribution < -0.4 is 0 Å². The fraction of sp³-hybridized carbons (Fsp3) is 0.143. The molecule has 0 spiro atoms. The smallest absolute Gasteiger partial charge is 0.289 e. The molecule has 0 aliphatic carbocycles. The van der Waals surface area contributed by atoms with Gasteiger partial charge in [0, 0.05) is 23.5 Å². The third-order valence-corrected chi connectivity index (χ3v) is 2.74. The first-order valence-corrected chi connectivity index (χ1v) is 5.52. The molecule has 0 bridgehead atoms. The fourth-order valence-electron chi connectivity index (χ4n) is 1.69. The average Bonchev–Trinajstić information content (AvgIpc) is 2.38. The Kier molecular flexibility index (Phi) is 3.38. The van der Waals surface area contributed by atoms with Crippen molar-refractivity contribution in [2.24, 2.45) is 0 Å². The van der Waals surface area contributed by atoms with E-state index in [0.29, 0.717) is 11.1 Å². The minimum absolute atomic E-state index is 0.224. The number of carbonyl (C=O) groups is 1. The zero-order valence-corrected chi connectivity index (χ0v) is 10.0. The van der Waals surface area contributed by atoms with Crippen molar-refractivity contribution < 1.29 is 18.0 Å². The molecule has 0 saturated heterocycles. The van der Waals surface area contributed by atoms with E-state index in [9.17, 15) is 18.0 Å². The van der Waals surface area contributed by atoms with Crippen LogP contribution in [-0.4, -0.2) is 10.8 Å². The number of carbonyl (C=O) groups excluding carboxylic acids is 1. The molecule has 0 saturated carbocycles.